The van der Waals surface area contributed by atoms with Crippen molar-refractivity contribution in [1.29, 1.82) is 0 Å². The summed E-state index contributed by atoms with van der Waals surface area (Å²) in [6, 6.07) is -2.02. The first-order valence-corrected chi connectivity index (χ1v) is 11.3. The van der Waals surface area contributed by atoms with E-state index in [1.165, 1.54) is 55.4 Å². The summed E-state index contributed by atoms with van der Waals surface area (Å²) in [7, 11) is 4.34. The fourth-order valence-corrected chi connectivity index (χ4v) is 3.09. The predicted octanol–water partition coefficient (Wildman–Crippen LogP) is 2.28. The Morgan fingerprint density at radius 1 is 0.526 bits per heavy atom. The summed E-state index contributed by atoms with van der Waals surface area (Å²) in [6.45, 7) is 11.5. The van der Waals surface area contributed by atoms with E-state index in [1.807, 2.05) is 0 Å². The third kappa shape index (κ3) is 8.27. The van der Waals surface area contributed by atoms with E-state index in [4.69, 9.17) is 9.47 Å². The number of alkyl carbamates (subject to hydrolysis) is 2. The van der Waals surface area contributed by atoms with Crippen LogP contribution in [-0.2, 0) is 18.9 Å². The third-order valence-electron chi connectivity index (χ3n) is 5.80. The number of hydrogen-bond donors (Lipinski definition) is 4. The van der Waals surface area contributed by atoms with E-state index in [-0.39, 0.29) is 0 Å². The maximum Gasteiger partial charge on any atom is 0.419 e. The van der Waals surface area contributed by atoms with Gasteiger partial charge in [0, 0.05) is 0 Å². The van der Waals surface area contributed by atoms with E-state index in [0.29, 0.717) is 9.80 Å². The molecule has 0 heterocycles. The molecule has 0 saturated carbocycles. The molecule has 0 radical (unpaired) electrons. The molecule has 0 aliphatic rings. The molecule has 0 rings (SSSR count). The molecule has 0 aliphatic carbocycles. The molecule has 0 atom stereocenters. The first kappa shape index (κ1) is 34.0. The standard InChI is InChI=1S/C22H40N6O10/c1-19(2,23-13(29)28(18(34)38-12)22(7,8)26-16(32)36-10)20(3,4)27(17(33)37-11)14(30)24-21(5,6)25-15(31)35-9/h1-12H3,(H,23,29)(H,24,30)(H,25,31)(H,26,32). The van der Waals surface area contributed by atoms with Crippen molar-refractivity contribution in [3.8, 4) is 0 Å². The molecule has 8 amide bonds. The van der Waals surface area contributed by atoms with Gasteiger partial charge in [0.05, 0.1) is 39.5 Å². The van der Waals surface area contributed by atoms with Crippen LogP contribution in [0.15, 0.2) is 0 Å². The molecule has 0 unspecified atom stereocenters. The number of nitrogens with zero attached hydrogens (tertiary/aromatic N) is 2. The van der Waals surface area contributed by atoms with E-state index in [0.717, 1.165) is 28.4 Å². The molecular formula is C22H40N6O10. The Balaban J connectivity index is 6.33. The van der Waals surface area contributed by atoms with Crippen LogP contribution >= 0.6 is 0 Å². The zero-order valence-corrected chi connectivity index (χ0v) is 24.0. The number of imide groups is 2. The van der Waals surface area contributed by atoms with Gasteiger partial charge in [0.15, 0.2) is 0 Å². The molecule has 16 nitrogen and oxygen atoms in total. The molecule has 0 aliphatic heterocycles. The van der Waals surface area contributed by atoms with Gasteiger partial charge in [-0.2, -0.15) is 0 Å². The number of carbonyl (C=O) groups excluding carboxylic acids is 6. The number of nitrogens with one attached hydrogen (secondary N) is 4. The first-order chi connectivity index (χ1) is 17.1. The highest BCUT2D eigenvalue weighted by Gasteiger charge is 2.51. The van der Waals surface area contributed by atoms with Crippen molar-refractivity contribution in [2.75, 3.05) is 28.4 Å². The van der Waals surface area contributed by atoms with Crippen molar-refractivity contribution in [3.05, 3.63) is 0 Å². The third-order valence-corrected chi connectivity index (χ3v) is 5.80. The molecule has 16 heteroatoms. The summed E-state index contributed by atoms with van der Waals surface area (Å²) in [5.74, 6) is 0. The van der Waals surface area contributed by atoms with Crippen LogP contribution in [0.5, 0.6) is 0 Å². The largest absolute Gasteiger partial charge is 0.453 e. The number of ether oxygens (including phenoxy) is 4. The molecule has 0 saturated heterocycles. The molecule has 0 bridgehead atoms. The molecule has 0 aromatic rings. The van der Waals surface area contributed by atoms with Crippen molar-refractivity contribution in [3.63, 3.8) is 0 Å². The highest BCUT2D eigenvalue weighted by atomic mass is 16.6. The molecule has 4 N–H and O–H groups in total. The van der Waals surface area contributed by atoms with Gasteiger partial charge in [0.1, 0.15) is 11.3 Å². The van der Waals surface area contributed by atoms with Gasteiger partial charge in [0.25, 0.3) is 0 Å². The number of methoxy groups -OCH3 is 4. The zero-order valence-electron chi connectivity index (χ0n) is 24.0. The summed E-state index contributed by atoms with van der Waals surface area (Å²) < 4.78 is 18.6. The first-order valence-electron chi connectivity index (χ1n) is 11.3. The Morgan fingerprint density at radius 3 is 1.34 bits per heavy atom. The van der Waals surface area contributed by atoms with Gasteiger partial charge >= 0.3 is 36.4 Å². The van der Waals surface area contributed by atoms with E-state index in [1.54, 1.807) is 0 Å². The van der Waals surface area contributed by atoms with Gasteiger partial charge in [-0.05, 0) is 55.4 Å². The maximum absolute atomic E-state index is 13.4. The van der Waals surface area contributed by atoms with E-state index in [2.05, 4.69) is 30.7 Å². The summed E-state index contributed by atoms with van der Waals surface area (Å²) in [5, 5.41) is 9.84. The van der Waals surface area contributed by atoms with Crippen LogP contribution in [0.25, 0.3) is 0 Å². The van der Waals surface area contributed by atoms with Gasteiger partial charge in [0.2, 0.25) is 0 Å². The van der Waals surface area contributed by atoms with Gasteiger partial charge in [-0.3, -0.25) is 10.6 Å². The predicted molar refractivity (Wildman–Crippen MR) is 133 cm³/mol. The lowest BCUT2D eigenvalue weighted by atomic mass is 9.81. The van der Waals surface area contributed by atoms with Crippen LogP contribution in [0.4, 0.5) is 28.8 Å². The van der Waals surface area contributed by atoms with Crippen LogP contribution in [0.2, 0.25) is 0 Å². The number of carbonyl (C=O) groups is 6. The van der Waals surface area contributed by atoms with Crippen molar-refractivity contribution in [1.82, 2.24) is 31.1 Å². The SMILES string of the molecule is COC(=O)NC(C)(C)NC(=O)N(C(=O)OC)C(C)(C)C(C)(C)NC(=O)N(C(=O)OC)C(C)(C)NC(=O)OC. The molecule has 218 valence electrons. The minimum Gasteiger partial charge on any atom is -0.453 e. The van der Waals surface area contributed by atoms with Crippen LogP contribution in [0, 0.1) is 0 Å². The summed E-state index contributed by atoms with van der Waals surface area (Å²) in [5.41, 5.74) is -6.00. The Morgan fingerprint density at radius 2 is 0.921 bits per heavy atom. The Kier molecular flexibility index (Phi) is 11.2. The van der Waals surface area contributed by atoms with Crippen molar-refractivity contribution in [2.45, 2.75) is 77.8 Å². The van der Waals surface area contributed by atoms with Crippen LogP contribution in [0.3, 0.4) is 0 Å². The number of urea groups is 2. The quantitative estimate of drug-likeness (QED) is 0.271. The second kappa shape index (κ2) is 12.5. The summed E-state index contributed by atoms with van der Waals surface area (Å²) in [4.78, 5) is 76.7. The topological polar surface area (TPSA) is 194 Å². The lowest BCUT2D eigenvalue weighted by Crippen LogP contribution is -2.73. The molecule has 0 fully saturated rings. The van der Waals surface area contributed by atoms with Gasteiger partial charge in [-0.1, -0.05) is 0 Å². The molecular weight excluding hydrogens is 508 g/mol. The monoisotopic (exact) mass is 548 g/mol. The number of hydrogen-bond acceptors (Lipinski definition) is 10. The lowest BCUT2D eigenvalue weighted by molar-refractivity contribution is 0.0423. The van der Waals surface area contributed by atoms with E-state index < -0.39 is 58.8 Å². The lowest BCUT2D eigenvalue weighted by Gasteiger charge is -2.48. The Hall–Kier alpha value is -3.98. The van der Waals surface area contributed by atoms with Crippen molar-refractivity contribution < 1.29 is 47.7 Å². The normalized spacial score (nSPS) is 11.8. The highest BCUT2D eigenvalue weighted by Crippen LogP contribution is 2.30. The van der Waals surface area contributed by atoms with E-state index in [9.17, 15) is 28.8 Å². The van der Waals surface area contributed by atoms with E-state index >= 15 is 0 Å². The van der Waals surface area contributed by atoms with Gasteiger partial charge < -0.3 is 29.6 Å². The zero-order chi connectivity index (χ0) is 30.3. The molecule has 0 spiro atoms. The van der Waals surface area contributed by atoms with Gasteiger partial charge in [-0.15, -0.1) is 0 Å². The van der Waals surface area contributed by atoms with Crippen LogP contribution < -0.4 is 21.3 Å². The average molecular weight is 549 g/mol. The molecule has 0 aromatic heterocycles. The second-order valence-electron chi connectivity index (χ2n) is 10.1. The van der Waals surface area contributed by atoms with Crippen molar-refractivity contribution in [2.24, 2.45) is 0 Å². The number of rotatable bonds is 7. The Bertz CT molecular complexity index is 932. The summed E-state index contributed by atoms with van der Waals surface area (Å²) >= 11 is 0. The second-order valence-corrected chi connectivity index (χ2v) is 10.1. The minimum absolute atomic E-state index is 0.591. The van der Waals surface area contributed by atoms with Crippen LogP contribution in [0.1, 0.15) is 55.4 Å². The number of amides is 8. The van der Waals surface area contributed by atoms with Gasteiger partial charge in [-0.25, -0.2) is 38.6 Å². The van der Waals surface area contributed by atoms with Crippen molar-refractivity contribution >= 4 is 36.4 Å². The fourth-order valence-electron chi connectivity index (χ4n) is 3.09. The highest BCUT2D eigenvalue weighted by molar-refractivity contribution is 5.94. The maximum atomic E-state index is 13.4. The average Bonchev–Trinajstić information content (AvgIpc) is 2.76. The molecule has 0 aromatic carbocycles. The minimum atomic E-state index is -1.63. The van der Waals surface area contributed by atoms with Crippen LogP contribution in [-0.4, -0.2) is 97.1 Å². The summed E-state index contributed by atoms with van der Waals surface area (Å²) in [6.07, 6.45) is -3.96. The Labute approximate surface area is 222 Å². The fraction of sp³-hybridized carbons (Fsp3) is 0.727. The smallest absolute Gasteiger partial charge is 0.419 e. The molecule has 38 heavy (non-hydrogen) atoms.